The van der Waals surface area contributed by atoms with Gasteiger partial charge >= 0.3 is 6.03 Å². The molecule has 0 aromatic heterocycles. The van der Waals surface area contributed by atoms with Crippen molar-refractivity contribution < 1.29 is 19.3 Å². The van der Waals surface area contributed by atoms with Crippen LogP contribution < -0.4 is 10.6 Å². The van der Waals surface area contributed by atoms with Crippen LogP contribution in [0.15, 0.2) is 24.3 Å². The lowest BCUT2D eigenvalue weighted by molar-refractivity contribution is -0.385. The zero-order chi connectivity index (χ0) is 19.6. The number of benzene rings is 1. The topological polar surface area (TPSA) is 122 Å². The maximum Gasteiger partial charge on any atom is 0.325 e. The molecule has 1 aliphatic heterocycles. The molecule has 2 fully saturated rings. The van der Waals surface area contributed by atoms with Crippen molar-refractivity contribution >= 4 is 23.5 Å². The van der Waals surface area contributed by atoms with E-state index in [-0.39, 0.29) is 24.2 Å². The van der Waals surface area contributed by atoms with Gasteiger partial charge in [0.1, 0.15) is 12.1 Å². The fraction of sp³-hybridized carbons (Fsp3) is 0.500. The van der Waals surface area contributed by atoms with Crippen molar-refractivity contribution in [1.82, 2.24) is 15.5 Å². The van der Waals surface area contributed by atoms with Crippen LogP contribution in [0, 0.1) is 10.1 Å². The standard InChI is InChI=1S/C18H22N4O5/c1-18(12-6-5-9-14(10-12)22(26)27)16(24)21(17(25)20-18)11-15(23)19-13-7-3-2-4-8-13/h5-6,9-10,13H,2-4,7-8,11H2,1H3,(H,19,23)(H,20,25). The molecule has 1 saturated carbocycles. The lowest BCUT2D eigenvalue weighted by Crippen LogP contribution is -2.45. The summed E-state index contributed by atoms with van der Waals surface area (Å²) in [6, 6.07) is 4.95. The van der Waals surface area contributed by atoms with E-state index < -0.39 is 22.4 Å². The van der Waals surface area contributed by atoms with Gasteiger partial charge in [-0.15, -0.1) is 0 Å². The Morgan fingerprint density at radius 2 is 2.04 bits per heavy atom. The summed E-state index contributed by atoms with van der Waals surface area (Å²) in [6.07, 6.45) is 5.06. The minimum absolute atomic E-state index is 0.0789. The molecule has 2 N–H and O–H groups in total. The van der Waals surface area contributed by atoms with Crippen LogP contribution in [0.4, 0.5) is 10.5 Å². The number of hydrogen-bond acceptors (Lipinski definition) is 5. The van der Waals surface area contributed by atoms with Gasteiger partial charge in [0.05, 0.1) is 4.92 Å². The van der Waals surface area contributed by atoms with E-state index >= 15 is 0 Å². The van der Waals surface area contributed by atoms with Crippen molar-refractivity contribution in [2.75, 3.05) is 6.54 Å². The molecule has 1 unspecified atom stereocenters. The van der Waals surface area contributed by atoms with Crippen molar-refractivity contribution in [1.29, 1.82) is 0 Å². The fourth-order valence-electron chi connectivity index (χ4n) is 3.63. The molecule has 9 heteroatoms. The van der Waals surface area contributed by atoms with Crippen molar-refractivity contribution in [2.24, 2.45) is 0 Å². The number of nitro groups is 1. The monoisotopic (exact) mass is 374 g/mol. The van der Waals surface area contributed by atoms with Crippen molar-refractivity contribution in [3.8, 4) is 0 Å². The number of carbonyl (C=O) groups is 3. The summed E-state index contributed by atoms with van der Waals surface area (Å²) >= 11 is 0. The first-order valence-electron chi connectivity index (χ1n) is 8.99. The Labute approximate surface area is 156 Å². The van der Waals surface area contributed by atoms with Crippen LogP contribution in [-0.2, 0) is 15.1 Å². The zero-order valence-corrected chi connectivity index (χ0v) is 15.1. The maximum absolute atomic E-state index is 12.8. The normalized spacial score (nSPS) is 23.2. The number of nitrogens with one attached hydrogen (secondary N) is 2. The molecule has 1 saturated heterocycles. The molecule has 2 aliphatic rings. The molecule has 3 rings (SSSR count). The molecule has 0 radical (unpaired) electrons. The summed E-state index contributed by atoms with van der Waals surface area (Å²) in [6.45, 7) is 1.11. The molecule has 1 atom stereocenters. The molecule has 1 aromatic rings. The third-order valence-electron chi connectivity index (χ3n) is 5.18. The van der Waals surface area contributed by atoms with E-state index in [1.54, 1.807) is 0 Å². The highest BCUT2D eigenvalue weighted by Crippen LogP contribution is 2.30. The second-order valence-electron chi connectivity index (χ2n) is 7.16. The summed E-state index contributed by atoms with van der Waals surface area (Å²) < 4.78 is 0. The number of rotatable bonds is 5. The third-order valence-corrected chi connectivity index (χ3v) is 5.18. The minimum atomic E-state index is -1.45. The number of urea groups is 1. The highest BCUT2D eigenvalue weighted by molar-refractivity contribution is 6.09. The molecule has 1 heterocycles. The SMILES string of the molecule is CC1(c2cccc([N+](=O)[O-])c2)NC(=O)N(CC(=O)NC2CCCCC2)C1=O. The van der Waals surface area contributed by atoms with Gasteiger partial charge in [-0.2, -0.15) is 0 Å². The van der Waals surface area contributed by atoms with Crippen molar-refractivity contribution in [3.05, 3.63) is 39.9 Å². The van der Waals surface area contributed by atoms with E-state index in [0.29, 0.717) is 5.56 Å². The van der Waals surface area contributed by atoms with Gasteiger partial charge in [-0.1, -0.05) is 31.4 Å². The number of nitro benzene ring substituents is 1. The molecule has 1 aliphatic carbocycles. The highest BCUT2D eigenvalue weighted by atomic mass is 16.6. The summed E-state index contributed by atoms with van der Waals surface area (Å²) in [5, 5.41) is 16.4. The first-order valence-corrected chi connectivity index (χ1v) is 8.99. The minimum Gasteiger partial charge on any atom is -0.352 e. The van der Waals surface area contributed by atoms with Gasteiger partial charge in [-0.3, -0.25) is 24.6 Å². The molecule has 27 heavy (non-hydrogen) atoms. The number of non-ortho nitro benzene ring substituents is 1. The second kappa shape index (κ2) is 7.34. The van der Waals surface area contributed by atoms with Crippen LogP contribution >= 0.6 is 0 Å². The number of nitrogens with zero attached hydrogens (tertiary/aromatic N) is 2. The summed E-state index contributed by atoms with van der Waals surface area (Å²) in [4.78, 5) is 48.7. The van der Waals surface area contributed by atoms with Gasteiger partial charge in [0.25, 0.3) is 11.6 Å². The fourth-order valence-corrected chi connectivity index (χ4v) is 3.63. The molecule has 1 aromatic carbocycles. The zero-order valence-electron chi connectivity index (χ0n) is 15.1. The van der Waals surface area contributed by atoms with Gasteiger partial charge in [-0.25, -0.2) is 4.79 Å². The summed E-state index contributed by atoms with van der Waals surface area (Å²) in [5.74, 6) is -0.986. The van der Waals surface area contributed by atoms with E-state index in [2.05, 4.69) is 10.6 Å². The Kier molecular flexibility index (Phi) is 5.11. The first-order chi connectivity index (χ1) is 12.8. The first kappa shape index (κ1) is 18.8. The van der Waals surface area contributed by atoms with Gasteiger partial charge in [0.15, 0.2) is 0 Å². The van der Waals surface area contributed by atoms with Crippen molar-refractivity contribution in [2.45, 2.75) is 50.6 Å². The third kappa shape index (κ3) is 3.76. The summed E-state index contributed by atoms with van der Waals surface area (Å²) in [7, 11) is 0. The maximum atomic E-state index is 12.8. The molecule has 0 bridgehead atoms. The van der Waals surface area contributed by atoms with Crippen LogP contribution in [0.5, 0.6) is 0 Å². The molecule has 9 nitrogen and oxygen atoms in total. The number of amides is 4. The molecular formula is C18H22N4O5. The highest BCUT2D eigenvalue weighted by Gasteiger charge is 2.49. The lowest BCUT2D eigenvalue weighted by Gasteiger charge is -2.24. The van der Waals surface area contributed by atoms with E-state index in [9.17, 15) is 24.5 Å². The number of imide groups is 1. The van der Waals surface area contributed by atoms with Crippen LogP contribution in [-0.4, -0.2) is 40.3 Å². The van der Waals surface area contributed by atoms with E-state index in [1.165, 1.54) is 31.2 Å². The number of carbonyl (C=O) groups excluding carboxylic acids is 3. The molecule has 144 valence electrons. The van der Waals surface area contributed by atoms with Gasteiger partial charge in [-0.05, 0) is 25.3 Å². The van der Waals surface area contributed by atoms with Gasteiger partial charge < -0.3 is 10.6 Å². The Balaban J connectivity index is 1.73. The van der Waals surface area contributed by atoms with Crippen LogP contribution in [0.3, 0.4) is 0 Å². The predicted octanol–water partition coefficient (Wildman–Crippen LogP) is 1.81. The van der Waals surface area contributed by atoms with E-state index in [0.717, 1.165) is 37.0 Å². The van der Waals surface area contributed by atoms with Crippen LogP contribution in [0.25, 0.3) is 0 Å². The van der Waals surface area contributed by atoms with E-state index in [4.69, 9.17) is 0 Å². The van der Waals surface area contributed by atoms with Crippen LogP contribution in [0.2, 0.25) is 0 Å². The smallest absolute Gasteiger partial charge is 0.325 e. The molecular weight excluding hydrogens is 352 g/mol. The van der Waals surface area contributed by atoms with Gasteiger partial charge in [0.2, 0.25) is 5.91 Å². The number of hydrogen-bond donors (Lipinski definition) is 2. The van der Waals surface area contributed by atoms with E-state index in [1.807, 2.05) is 0 Å². The summed E-state index contributed by atoms with van der Waals surface area (Å²) in [5.41, 5.74) is -1.33. The average molecular weight is 374 g/mol. The predicted molar refractivity (Wildman–Crippen MR) is 95.7 cm³/mol. The lowest BCUT2D eigenvalue weighted by atomic mass is 9.91. The molecule has 0 spiro atoms. The largest absolute Gasteiger partial charge is 0.352 e. The Morgan fingerprint density at radius 1 is 1.33 bits per heavy atom. The Hall–Kier alpha value is -2.97. The molecule has 4 amide bonds. The quantitative estimate of drug-likeness (QED) is 0.462. The van der Waals surface area contributed by atoms with Gasteiger partial charge in [0, 0.05) is 18.2 Å². The van der Waals surface area contributed by atoms with Crippen LogP contribution in [0.1, 0.15) is 44.6 Å². The Morgan fingerprint density at radius 3 is 2.70 bits per heavy atom. The average Bonchev–Trinajstić information content (AvgIpc) is 2.87. The second-order valence-corrected chi connectivity index (χ2v) is 7.16. The van der Waals surface area contributed by atoms with Crippen molar-refractivity contribution in [3.63, 3.8) is 0 Å². The Bertz CT molecular complexity index is 790.